The number of hydrogen-bond acceptors (Lipinski definition) is 3. The van der Waals surface area contributed by atoms with Gasteiger partial charge in [-0.3, -0.25) is 0 Å². The third-order valence-corrected chi connectivity index (χ3v) is 24.8. The largest absolute Gasteiger partial charge is 0.310 e. The van der Waals surface area contributed by atoms with Crippen LogP contribution in [0.4, 0.5) is 34.1 Å². The number of rotatable bonds is 11. The van der Waals surface area contributed by atoms with E-state index in [9.17, 15) is 0 Å². The molecule has 0 aliphatic heterocycles. The Morgan fingerprint density at radius 3 is 1.03 bits per heavy atom. The van der Waals surface area contributed by atoms with Crippen LogP contribution in [-0.2, 0) is 16.2 Å². The maximum atomic E-state index is 2.54. The summed E-state index contributed by atoms with van der Waals surface area (Å²) in [6.45, 7) is 6.76. The number of thiophene rings is 1. The summed E-state index contributed by atoms with van der Waals surface area (Å²) in [5, 5.41) is 2.53. The van der Waals surface area contributed by atoms with E-state index in [4.69, 9.17) is 0 Å². The molecule has 105 heavy (non-hydrogen) atoms. The predicted molar refractivity (Wildman–Crippen MR) is 439 cm³/mol. The van der Waals surface area contributed by atoms with Gasteiger partial charge in [0.2, 0.25) is 0 Å². The molecule has 17 aromatic rings. The average Bonchev–Trinajstić information content (AvgIpc) is 1.53. The van der Waals surface area contributed by atoms with Gasteiger partial charge in [-0.1, -0.05) is 302 Å². The van der Waals surface area contributed by atoms with Gasteiger partial charge >= 0.3 is 0 Å². The molecule has 1 aromatic heterocycles. The monoisotopic (exact) mass is 1350 g/mol. The highest BCUT2D eigenvalue weighted by Crippen LogP contribution is 2.65. The standard InChI is InChI=1S/C102H70N2S/c1-65-43-53-82-85-56-50-75(62-93(85)100(91(82)59-65,69-25-8-4-9-26-69)70-27-10-5-11-28-70)103(76-51-57-86-83-54-44-66(2)60-92(83)101(94(86)63-76,71-29-12-6-13-30-71)72-31-14-7-15-32-72)74-49-55-78(67(3)61-74)68-45-47-73(48-46-68)104(96-40-24-42-98-99(96)87-36-19-23-41-97(87)105-98)77-52-58-84-81-35-18-22-39-90(81)102(95(84)64-77)88-37-20-16-33-79(88)80-34-17-21-38-89(80)102/h4-64H,1-3H3. The topological polar surface area (TPSA) is 6.48 Å². The molecule has 16 aromatic carbocycles. The summed E-state index contributed by atoms with van der Waals surface area (Å²) in [6.07, 6.45) is 0. The third kappa shape index (κ3) is 8.71. The van der Waals surface area contributed by atoms with E-state index in [1.54, 1.807) is 0 Å². The Bertz CT molecular complexity index is 6050. The van der Waals surface area contributed by atoms with E-state index in [1.165, 1.54) is 154 Å². The molecule has 1 spiro atoms. The lowest BCUT2D eigenvalue weighted by molar-refractivity contribution is 0.766. The fourth-order valence-corrected chi connectivity index (χ4v) is 20.5. The van der Waals surface area contributed by atoms with E-state index >= 15 is 0 Å². The molecule has 0 fully saturated rings. The second-order valence-corrected chi connectivity index (χ2v) is 30.2. The maximum absolute atomic E-state index is 2.54. The molecule has 4 aliphatic carbocycles. The van der Waals surface area contributed by atoms with Crippen LogP contribution in [-0.4, -0.2) is 0 Å². The quantitative estimate of drug-likeness (QED) is 0.127. The fourth-order valence-electron chi connectivity index (χ4n) is 19.4. The summed E-state index contributed by atoms with van der Waals surface area (Å²) in [7, 11) is 0. The van der Waals surface area contributed by atoms with Crippen molar-refractivity contribution < 1.29 is 0 Å². The molecule has 0 radical (unpaired) electrons. The van der Waals surface area contributed by atoms with Gasteiger partial charge in [-0.25, -0.2) is 0 Å². The first-order valence-electron chi connectivity index (χ1n) is 36.7. The van der Waals surface area contributed by atoms with Gasteiger partial charge in [0.15, 0.2) is 0 Å². The Morgan fingerprint density at radius 1 is 0.229 bits per heavy atom. The van der Waals surface area contributed by atoms with Crippen LogP contribution >= 0.6 is 11.3 Å². The van der Waals surface area contributed by atoms with E-state index in [1.807, 2.05) is 11.3 Å². The lowest BCUT2D eigenvalue weighted by Gasteiger charge is -2.36. The van der Waals surface area contributed by atoms with Crippen molar-refractivity contribution in [2.24, 2.45) is 0 Å². The summed E-state index contributed by atoms with van der Waals surface area (Å²) in [4.78, 5) is 5.07. The van der Waals surface area contributed by atoms with E-state index in [2.05, 4.69) is 401 Å². The van der Waals surface area contributed by atoms with Crippen molar-refractivity contribution in [2.45, 2.75) is 37.0 Å². The molecule has 0 atom stereocenters. The van der Waals surface area contributed by atoms with Crippen molar-refractivity contribution in [1.82, 2.24) is 0 Å². The third-order valence-electron chi connectivity index (χ3n) is 23.7. The van der Waals surface area contributed by atoms with Crippen LogP contribution < -0.4 is 9.80 Å². The zero-order valence-corrected chi connectivity index (χ0v) is 59.3. The van der Waals surface area contributed by atoms with Crippen LogP contribution in [0, 0.1) is 20.8 Å². The molecule has 3 heteroatoms. The molecule has 0 unspecified atom stereocenters. The zero-order valence-electron chi connectivity index (χ0n) is 58.5. The average molecular weight is 1360 g/mol. The highest BCUT2D eigenvalue weighted by Gasteiger charge is 2.53. The van der Waals surface area contributed by atoms with Crippen molar-refractivity contribution in [3.63, 3.8) is 0 Å². The molecule has 494 valence electrons. The first-order valence-corrected chi connectivity index (χ1v) is 37.5. The first kappa shape index (κ1) is 61.0. The number of anilines is 6. The Morgan fingerprint density at radius 2 is 0.571 bits per heavy atom. The smallest absolute Gasteiger partial charge is 0.0726 e. The second kappa shape index (κ2) is 23.4. The summed E-state index contributed by atoms with van der Waals surface area (Å²) >= 11 is 1.87. The molecule has 0 saturated carbocycles. The molecular weight excluding hydrogens is 1290 g/mol. The predicted octanol–water partition coefficient (Wildman–Crippen LogP) is 26.7. The lowest BCUT2D eigenvalue weighted by Crippen LogP contribution is -2.29. The lowest BCUT2D eigenvalue weighted by atomic mass is 9.67. The van der Waals surface area contributed by atoms with Gasteiger partial charge < -0.3 is 9.80 Å². The number of nitrogens with zero attached hydrogens (tertiary/aromatic N) is 2. The molecule has 0 saturated heterocycles. The van der Waals surface area contributed by atoms with Crippen LogP contribution in [0.1, 0.15) is 83.5 Å². The van der Waals surface area contributed by atoms with E-state index in [-0.39, 0.29) is 0 Å². The van der Waals surface area contributed by atoms with Crippen molar-refractivity contribution in [3.05, 3.63) is 454 Å². The van der Waals surface area contributed by atoms with Gasteiger partial charge in [-0.2, -0.15) is 0 Å². The molecule has 2 nitrogen and oxygen atoms in total. The van der Waals surface area contributed by atoms with E-state index in [0.29, 0.717) is 0 Å². The number of hydrogen-bond donors (Lipinski definition) is 0. The van der Waals surface area contributed by atoms with Gasteiger partial charge in [0.1, 0.15) is 0 Å². The van der Waals surface area contributed by atoms with Crippen molar-refractivity contribution in [1.29, 1.82) is 0 Å². The van der Waals surface area contributed by atoms with Crippen LogP contribution in [0.5, 0.6) is 0 Å². The molecule has 0 bridgehead atoms. The maximum Gasteiger partial charge on any atom is 0.0726 e. The second-order valence-electron chi connectivity index (χ2n) is 29.1. The Hall–Kier alpha value is -12.7. The van der Waals surface area contributed by atoms with Gasteiger partial charge in [0, 0.05) is 48.6 Å². The van der Waals surface area contributed by atoms with Crippen LogP contribution in [0.15, 0.2) is 370 Å². The van der Waals surface area contributed by atoms with Gasteiger partial charge in [-0.05, 0) is 228 Å². The molecule has 0 amide bonds. The summed E-state index contributed by atoms with van der Waals surface area (Å²) in [5.41, 5.74) is 36.5. The van der Waals surface area contributed by atoms with Gasteiger partial charge in [0.25, 0.3) is 0 Å². The normalized spacial score (nSPS) is 13.9. The first-order chi connectivity index (χ1) is 51.8. The van der Waals surface area contributed by atoms with Crippen LogP contribution in [0.3, 0.4) is 0 Å². The minimum absolute atomic E-state index is 0.494. The highest BCUT2D eigenvalue weighted by atomic mass is 32.1. The Kier molecular flexibility index (Phi) is 13.6. The minimum atomic E-state index is -0.609. The summed E-state index contributed by atoms with van der Waals surface area (Å²) < 4.78 is 2.55. The van der Waals surface area contributed by atoms with Gasteiger partial charge in [-0.15, -0.1) is 11.3 Å². The summed E-state index contributed by atoms with van der Waals surface area (Å²) in [5.74, 6) is 0. The Labute approximate surface area is 617 Å². The minimum Gasteiger partial charge on any atom is -0.310 e. The fraction of sp³-hybridized carbons (Fsp3) is 0.0588. The molecule has 21 rings (SSSR count). The SMILES string of the molecule is Cc1ccc2c(c1)C(c1ccccc1)(c1ccccc1)c1cc(N(c3ccc(-c4ccc(N(c5ccc6c(c5)C5(c7ccccc7-c7ccccc75)c5ccccc5-6)c5cccc6sc7ccccc7c56)cc4)c(C)c3)c3ccc4c(c3)C(c3ccccc3)(c3ccccc3)c3cc(C)ccc3-4)ccc1-2. The van der Waals surface area contributed by atoms with Crippen molar-refractivity contribution >= 4 is 65.6 Å². The Balaban J connectivity index is 0.745. The highest BCUT2D eigenvalue weighted by molar-refractivity contribution is 7.26. The number of benzene rings is 16. The molecular formula is C102H70N2S. The van der Waals surface area contributed by atoms with Gasteiger partial charge in [0.05, 0.1) is 21.9 Å². The number of aryl methyl sites for hydroxylation is 3. The van der Waals surface area contributed by atoms with E-state index < -0.39 is 16.2 Å². The van der Waals surface area contributed by atoms with Crippen LogP contribution in [0.2, 0.25) is 0 Å². The molecule has 1 heterocycles. The zero-order chi connectivity index (χ0) is 69.7. The van der Waals surface area contributed by atoms with Crippen molar-refractivity contribution in [2.75, 3.05) is 9.80 Å². The van der Waals surface area contributed by atoms with Crippen molar-refractivity contribution in [3.8, 4) is 55.6 Å². The summed E-state index contributed by atoms with van der Waals surface area (Å²) in [6, 6.07) is 141. The van der Waals surface area contributed by atoms with E-state index in [0.717, 1.165) is 39.7 Å². The molecule has 0 N–H and O–H groups in total. The number of fused-ring (bicyclic) bond motifs is 19. The molecule has 4 aliphatic rings. The van der Waals surface area contributed by atoms with Crippen LogP contribution in [0.25, 0.3) is 75.8 Å².